The number of nitrogens with zero attached hydrogens (tertiary/aromatic N) is 3. The summed E-state index contributed by atoms with van der Waals surface area (Å²) in [5.41, 5.74) is 0. The fourth-order valence-electron chi connectivity index (χ4n) is 3.24. The van der Waals surface area contributed by atoms with Crippen LogP contribution in [0.3, 0.4) is 0 Å². The largest absolute Gasteiger partial charge is 0.480 e. The molecule has 2 heterocycles. The highest BCUT2D eigenvalue weighted by Crippen LogP contribution is 2.39. The second-order valence-corrected chi connectivity index (χ2v) is 7.48. The molecule has 7 nitrogen and oxygen atoms in total. The lowest BCUT2D eigenvalue weighted by Gasteiger charge is -2.15. The van der Waals surface area contributed by atoms with Crippen LogP contribution in [0.25, 0.3) is 0 Å². The second-order valence-electron chi connectivity index (χ2n) is 5.54. The molecule has 2 unspecified atom stereocenters. The Hall–Kier alpha value is -1.41. The van der Waals surface area contributed by atoms with Crippen molar-refractivity contribution < 1.29 is 18.3 Å². The van der Waals surface area contributed by atoms with Crippen molar-refractivity contribution in [3.8, 4) is 0 Å². The number of rotatable bonds is 4. The number of fused-ring (bicyclic) bond motifs is 1. The molecule has 1 N–H and O–H groups in total. The van der Waals surface area contributed by atoms with Crippen molar-refractivity contribution >= 4 is 16.0 Å². The molecule has 20 heavy (non-hydrogen) atoms. The van der Waals surface area contributed by atoms with E-state index in [4.69, 9.17) is 5.11 Å². The Labute approximate surface area is 117 Å². The van der Waals surface area contributed by atoms with Crippen LogP contribution >= 0.6 is 0 Å². The summed E-state index contributed by atoms with van der Waals surface area (Å²) in [6.07, 6.45) is 5.92. The summed E-state index contributed by atoms with van der Waals surface area (Å²) in [6, 6.07) is 0. The Morgan fingerprint density at radius 3 is 2.60 bits per heavy atom. The van der Waals surface area contributed by atoms with Gasteiger partial charge >= 0.3 is 5.97 Å². The minimum Gasteiger partial charge on any atom is -0.480 e. The van der Waals surface area contributed by atoms with Gasteiger partial charge in [-0.1, -0.05) is 6.42 Å². The van der Waals surface area contributed by atoms with Crippen molar-refractivity contribution in [3.63, 3.8) is 0 Å². The lowest BCUT2D eigenvalue weighted by molar-refractivity contribution is -0.137. The predicted molar refractivity (Wildman–Crippen MR) is 69.5 cm³/mol. The quantitative estimate of drug-likeness (QED) is 0.868. The van der Waals surface area contributed by atoms with E-state index in [0.29, 0.717) is 24.9 Å². The predicted octanol–water partition coefficient (Wildman–Crippen LogP) is 0.388. The molecular weight excluding hydrogens is 282 g/mol. The molecule has 1 saturated carbocycles. The van der Waals surface area contributed by atoms with Gasteiger partial charge in [-0.25, -0.2) is 8.42 Å². The Kier molecular flexibility index (Phi) is 3.29. The van der Waals surface area contributed by atoms with Gasteiger partial charge in [-0.05, 0) is 24.7 Å². The molecule has 1 aromatic rings. The summed E-state index contributed by atoms with van der Waals surface area (Å²) >= 11 is 0. The molecular formula is C12H17N3O4S. The van der Waals surface area contributed by atoms with Gasteiger partial charge in [-0.2, -0.15) is 9.40 Å². The van der Waals surface area contributed by atoms with E-state index >= 15 is 0 Å². The van der Waals surface area contributed by atoms with Crippen LogP contribution in [0.4, 0.5) is 0 Å². The van der Waals surface area contributed by atoms with E-state index in [9.17, 15) is 13.2 Å². The van der Waals surface area contributed by atoms with Gasteiger partial charge in [-0.15, -0.1) is 0 Å². The Morgan fingerprint density at radius 1 is 1.35 bits per heavy atom. The first kappa shape index (κ1) is 13.6. The number of carboxylic acid groups (broad SMARTS) is 1. The van der Waals surface area contributed by atoms with Gasteiger partial charge in [0.1, 0.15) is 11.4 Å². The molecule has 8 heteroatoms. The molecule has 2 aliphatic rings. The molecule has 0 aromatic carbocycles. The van der Waals surface area contributed by atoms with Gasteiger partial charge in [0.25, 0.3) is 0 Å². The van der Waals surface area contributed by atoms with E-state index in [1.54, 1.807) is 0 Å². The number of carboxylic acids is 1. The minimum absolute atomic E-state index is 0.0822. The Balaban J connectivity index is 1.78. The third kappa shape index (κ3) is 2.33. The number of aromatic nitrogens is 2. The zero-order chi connectivity index (χ0) is 14.3. The topological polar surface area (TPSA) is 92.5 Å². The van der Waals surface area contributed by atoms with Crippen LogP contribution in [-0.2, 0) is 21.4 Å². The van der Waals surface area contributed by atoms with Gasteiger partial charge in [-0.3, -0.25) is 9.48 Å². The Bertz CT molecular complexity index is 612. The highest BCUT2D eigenvalue weighted by molar-refractivity contribution is 7.89. The van der Waals surface area contributed by atoms with Crippen molar-refractivity contribution in [2.45, 2.75) is 30.7 Å². The Morgan fingerprint density at radius 2 is 2.00 bits per heavy atom. The van der Waals surface area contributed by atoms with Gasteiger partial charge in [0.2, 0.25) is 10.0 Å². The maximum atomic E-state index is 12.5. The lowest BCUT2D eigenvalue weighted by atomic mass is 10.0. The standard InChI is InChI=1S/C12H17N3O4S/c16-12(17)8-14-7-11(4-13-14)20(18,19)15-5-9-2-1-3-10(9)6-15/h4,7,9-10H,1-3,5-6,8H2,(H,16,17). The molecule has 0 radical (unpaired) electrons. The zero-order valence-corrected chi connectivity index (χ0v) is 11.8. The average molecular weight is 299 g/mol. The van der Waals surface area contributed by atoms with E-state index < -0.39 is 16.0 Å². The van der Waals surface area contributed by atoms with Gasteiger partial charge < -0.3 is 5.11 Å². The van der Waals surface area contributed by atoms with Gasteiger partial charge in [0.15, 0.2) is 0 Å². The summed E-state index contributed by atoms with van der Waals surface area (Å²) in [4.78, 5) is 10.7. The van der Waals surface area contributed by atoms with Gasteiger partial charge in [0, 0.05) is 19.3 Å². The molecule has 110 valence electrons. The molecule has 3 rings (SSSR count). The summed E-state index contributed by atoms with van der Waals surface area (Å²) in [7, 11) is -3.54. The monoisotopic (exact) mass is 299 g/mol. The van der Waals surface area contributed by atoms with Crippen LogP contribution in [0.2, 0.25) is 0 Å². The molecule has 1 aliphatic heterocycles. The maximum absolute atomic E-state index is 12.5. The molecule has 0 bridgehead atoms. The van der Waals surface area contributed by atoms with Crippen LogP contribution in [0.5, 0.6) is 0 Å². The van der Waals surface area contributed by atoms with Crippen molar-refractivity contribution in [2.75, 3.05) is 13.1 Å². The van der Waals surface area contributed by atoms with E-state index in [1.807, 2.05) is 0 Å². The van der Waals surface area contributed by atoms with Crippen molar-refractivity contribution in [1.29, 1.82) is 0 Å². The van der Waals surface area contributed by atoms with Crippen LogP contribution in [0.15, 0.2) is 17.3 Å². The van der Waals surface area contributed by atoms with E-state index in [2.05, 4.69) is 5.10 Å². The van der Waals surface area contributed by atoms with Crippen molar-refractivity contribution in [1.82, 2.24) is 14.1 Å². The molecule has 1 aliphatic carbocycles. The summed E-state index contributed by atoms with van der Waals surface area (Å²) in [5.74, 6) is -0.0783. The highest BCUT2D eigenvalue weighted by atomic mass is 32.2. The van der Waals surface area contributed by atoms with Crippen LogP contribution in [0.1, 0.15) is 19.3 Å². The number of sulfonamides is 1. The molecule has 2 atom stereocenters. The molecule has 2 fully saturated rings. The molecule has 0 spiro atoms. The summed E-state index contributed by atoms with van der Waals surface area (Å²) < 4.78 is 27.6. The normalized spacial score (nSPS) is 26.8. The summed E-state index contributed by atoms with van der Waals surface area (Å²) in [6.45, 7) is 0.828. The fourth-order valence-corrected chi connectivity index (χ4v) is 4.75. The lowest BCUT2D eigenvalue weighted by Crippen LogP contribution is -2.29. The van der Waals surface area contributed by atoms with E-state index in [0.717, 1.165) is 17.5 Å². The number of hydrogen-bond donors (Lipinski definition) is 1. The van der Waals surface area contributed by atoms with Crippen molar-refractivity contribution in [2.24, 2.45) is 11.8 Å². The van der Waals surface area contributed by atoms with E-state index in [-0.39, 0.29) is 11.4 Å². The third-order valence-electron chi connectivity index (χ3n) is 4.24. The number of hydrogen-bond acceptors (Lipinski definition) is 4. The van der Waals surface area contributed by atoms with Crippen LogP contribution in [-0.4, -0.2) is 46.7 Å². The number of aliphatic carboxylic acids is 1. The average Bonchev–Trinajstić information content (AvgIpc) is 3.00. The van der Waals surface area contributed by atoms with Crippen LogP contribution in [0, 0.1) is 11.8 Å². The first-order chi connectivity index (χ1) is 9.46. The first-order valence-electron chi connectivity index (χ1n) is 6.71. The van der Waals surface area contributed by atoms with Crippen LogP contribution < -0.4 is 0 Å². The van der Waals surface area contributed by atoms with E-state index in [1.165, 1.54) is 23.1 Å². The minimum atomic E-state index is -3.54. The molecule has 1 saturated heterocycles. The highest BCUT2D eigenvalue weighted by Gasteiger charge is 2.41. The molecule has 1 aromatic heterocycles. The first-order valence-corrected chi connectivity index (χ1v) is 8.15. The SMILES string of the molecule is O=C(O)Cn1cc(S(=O)(=O)N2CC3CCCC3C2)cn1. The third-order valence-corrected chi connectivity index (χ3v) is 6.02. The van der Waals surface area contributed by atoms with Crippen molar-refractivity contribution in [3.05, 3.63) is 12.4 Å². The summed E-state index contributed by atoms with van der Waals surface area (Å²) in [5, 5.41) is 12.5. The second kappa shape index (κ2) is 4.85. The smallest absolute Gasteiger partial charge is 0.325 e. The maximum Gasteiger partial charge on any atom is 0.325 e. The zero-order valence-electron chi connectivity index (χ0n) is 11.0. The molecule has 0 amide bonds. The van der Waals surface area contributed by atoms with Gasteiger partial charge in [0.05, 0.1) is 6.20 Å². The fraction of sp³-hybridized carbons (Fsp3) is 0.667. The number of carbonyl (C=O) groups is 1.